The van der Waals surface area contributed by atoms with Crippen molar-refractivity contribution in [1.29, 1.82) is 0 Å². The maximum atomic E-state index is 11.8. The maximum absolute atomic E-state index is 11.8. The second kappa shape index (κ2) is 7.59. The minimum absolute atomic E-state index is 0.100. The minimum Gasteiger partial charge on any atom is -0.300 e. The Bertz CT molecular complexity index is 559. The lowest BCUT2D eigenvalue weighted by Crippen LogP contribution is -2.28. The van der Waals surface area contributed by atoms with Gasteiger partial charge in [-0.05, 0) is 36.8 Å². The van der Waals surface area contributed by atoms with Crippen LogP contribution in [0.1, 0.15) is 62.5 Å². The van der Waals surface area contributed by atoms with Crippen molar-refractivity contribution < 1.29 is 4.79 Å². The maximum Gasteiger partial charge on any atom is 0.132 e. The molecule has 0 aromatic heterocycles. The summed E-state index contributed by atoms with van der Waals surface area (Å²) in [6, 6.07) is 21.9. The van der Waals surface area contributed by atoms with Crippen LogP contribution in [0.4, 0.5) is 0 Å². The number of carbonyl (C=O) groups excluding carboxylic acids is 1. The molecule has 120 valence electrons. The molecule has 0 bridgehead atoms. The molecule has 1 aliphatic carbocycles. The lowest BCUT2D eigenvalue weighted by Gasteiger charge is -2.36. The van der Waals surface area contributed by atoms with Crippen LogP contribution >= 0.6 is 0 Å². The zero-order valence-electron chi connectivity index (χ0n) is 13.8. The van der Waals surface area contributed by atoms with E-state index in [1.165, 1.54) is 11.1 Å². The van der Waals surface area contributed by atoms with Crippen LogP contribution in [0.2, 0.25) is 0 Å². The van der Waals surface area contributed by atoms with Gasteiger partial charge in [0.25, 0.3) is 0 Å². The molecule has 0 aliphatic heterocycles. The summed E-state index contributed by atoms with van der Waals surface area (Å²) in [5.74, 6) is 0.455. The molecule has 0 amide bonds. The lowest BCUT2D eigenvalue weighted by molar-refractivity contribution is -0.119. The zero-order chi connectivity index (χ0) is 16.0. The Morgan fingerprint density at radius 3 is 1.48 bits per heavy atom. The third kappa shape index (κ3) is 3.72. The SMILES string of the molecule is O=C1CCCCC(c2ccccc2)(c2ccccc2)CCCC1. The van der Waals surface area contributed by atoms with Gasteiger partial charge in [0.1, 0.15) is 5.78 Å². The van der Waals surface area contributed by atoms with Gasteiger partial charge in [0, 0.05) is 18.3 Å². The van der Waals surface area contributed by atoms with E-state index < -0.39 is 0 Å². The van der Waals surface area contributed by atoms with Crippen molar-refractivity contribution in [2.24, 2.45) is 0 Å². The van der Waals surface area contributed by atoms with Gasteiger partial charge in [0.15, 0.2) is 0 Å². The molecule has 0 saturated heterocycles. The van der Waals surface area contributed by atoms with Crippen molar-refractivity contribution in [2.75, 3.05) is 0 Å². The van der Waals surface area contributed by atoms with E-state index >= 15 is 0 Å². The average Bonchev–Trinajstić information content (AvgIpc) is 2.62. The molecule has 1 nitrogen and oxygen atoms in total. The Hall–Kier alpha value is -1.89. The van der Waals surface area contributed by atoms with E-state index in [1.807, 2.05) is 0 Å². The fourth-order valence-corrected chi connectivity index (χ4v) is 4.01. The van der Waals surface area contributed by atoms with Gasteiger partial charge in [-0.3, -0.25) is 4.79 Å². The Morgan fingerprint density at radius 2 is 1.04 bits per heavy atom. The molecule has 1 aliphatic rings. The van der Waals surface area contributed by atoms with Crippen molar-refractivity contribution in [3.8, 4) is 0 Å². The highest BCUT2D eigenvalue weighted by molar-refractivity contribution is 5.78. The summed E-state index contributed by atoms with van der Waals surface area (Å²) in [5, 5.41) is 0. The van der Waals surface area contributed by atoms with Crippen LogP contribution in [-0.4, -0.2) is 5.78 Å². The molecule has 2 aromatic carbocycles. The Morgan fingerprint density at radius 1 is 0.609 bits per heavy atom. The first kappa shape index (κ1) is 16.0. The summed E-state index contributed by atoms with van der Waals surface area (Å²) in [4.78, 5) is 11.8. The molecule has 23 heavy (non-hydrogen) atoms. The molecule has 1 fully saturated rings. The number of benzene rings is 2. The van der Waals surface area contributed by atoms with Crippen molar-refractivity contribution in [3.63, 3.8) is 0 Å². The second-order valence-corrected chi connectivity index (χ2v) is 6.77. The van der Waals surface area contributed by atoms with Crippen LogP contribution in [0.5, 0.6) is 0 Å². The van der Waals surface area contributed by atoms with E-state index in [0.29, 0.717) is 5.78 Å². The largest absolute Gasteiger partial charge is 0.300 e. The van der Waals surface area contributed by atoms with Crippen LogP contribution in [0.15, 0.2) is 60.7 Å². The van der Waals surface area contributed by atoms with Crippen molar-refractivity contribution in [2.45, 2.75) is 56.8 Å². The fraction of sp³-hybridized carbons (Fsp3) is 0.409. The standard InChI is InChI=1S/C22H26O/c23-21-15-7-9-17-22(18-10-8-16-21,19-11-3-1-4-12-19)20-13-5-2-6-14-20/h1-6,11-14H,7-10,15-18H2. The molecule has 3 rings (SSSR count). The number of hydrogen-bond donors (Lipinski definition) is 0. The van der Waals surface area contributed by atoms with Gasteiger partial charge >= 0.3 is 0 Å². The summed E-state index contributed by atoms with van der Waals surface area (Å²) >= 11 is 0. The van der Waals surface area contributed by atoms with Gasteiger partial charge in [0.05, 0.1) is 0 Å². The normalized spacial score (nSPS) is 19.2. The van der Waals surface area contributed by atoms with Crippen LogP contribution in [0, 0.1) is 0 Å². The van der Waals surface area contributed by atoms with E-state index in [1.54, 1.807) is 0 Å². The molecule has 0 heterocycles. The topological polar surface area (TPSA) is 17.1 Å². The van der Waals surface area contributed by atoms with Gasteiger partial charge in [-0.1, -0.05) is 73.5 Å². The number of hydrogen-bond acceptors (Lipinski definition) is 1. The summed E-state index contributed by atoms with van der Waals surface area (Å²) < 4.78 is 0. The molecule has 0 atom stereocenters. The highest BCUT2D eigenvalue weighted by Gasteiger charge is 2.33. The summed E-state index contributed by atoms with van der Waals surface area (Å²) in [6.45, 7) is 0. The monoisotopic (exact) mass is 306 g/mol. The molecule has 1 saturated carbocycles. The first-order valence-electron chi connectivity index (χ1n) is 8.94. The van der Waals surface area contributed by atoms with Crippen LogP contribution in [-0.2, 0) is 10.2 Å². The van der Waals surface area contributed by atoms with Crippen molar-refractivity contribution >= 4 is 5.78 Å². The molecular weight excluding hydrogens is 280 g/mol. The predicted molar refractivity (Wildman–Crippen MR) is 95.6 cm³/mol. The third-order valence-corrected chi connectivity index (χ3v) is 5.27. The van der Waals surface area contributed by atoms with Gasteiger partial charge in [-0.2, -0.15) is 0 Å². The number of Topliss-reactive ketones (excluding diaryl/α,β-unsaturated/α-hetero) is 1. The van der Waals surface area contributed by atoms with E-state index in [-0.39, 0.29) is 5.41 Å². The molecule has 0 spiro atoms. The zero-order valence-corrected chi connectivity index (χ0v) is 13.8. The highest BCUT2D eigenvalue weighted by Crippen LogP contribution is 2.42. The van der Waals surface area contributed by atoms with Gasteiger partial charge in [-0.25, -0.2) is 0 Å². The van der Waals surface area contributed by atoms with Gasteiger partial charge in [0.2, 0.25) is 0 Å². The second-order valence-electron chi connectivity index (χ2n) is 6.77. The van der Waals surface area contributed by atoms with Crippen LogP contribution < -0.4 is 0 Å². The summed E-state index contributed by atoms with van der Waals surface area (Å²) in [7, 11) is 0. The Kier molecular flexibility index (Phi) is 5.27. The Labute approximate surface area is 139 Å². The van der Waals surface area contributed by atoms with E-state index in [0.717, 1.165) is 51.4 Å². The predicted octanol–water partition coefficient (Wildman–Crippen LogP) is 5.68. The van der Waals surface area contributed by atoms with Gasteiger partial charge in [-0.15, -0.1) is 0 Å². The number of rotatable bonds is 2. The molecule has 0 unspecified atom stereocenters. The lowest BCUT2D eigenvalue weighted by atomic mass is 9.67. The molecular formula is C22H26O. The fourth-order valence-electron chi connectivity index (χ4n) is 4.01. The summed E-state index contributed by atoms with van der Waals surface area (Å²) in [5.41, 5.74) is 2.96. The van der Waals surface area contributed by atoms with Gasteiger partial charge < -0.3 is 0 Å². The first-order valence-corrected chi connectivity index (χ1v) is 8.94. The number of ketones is 1. The first-order chi connectivity index (χ1) is 11.3. The Balaban J connectivity index is 1.98. The minimum atomic E-state index is 0.100. The number of carbonyl (C=O) groups is 1. The quantitative estimate of drug-likeness (QED) is 0.698. The summed E-state index contributed by atoms with van der Waals surface area (Å²) in [6.07, 6.45) is 8.09. The highest BCUT2D eigenvalue weighted by atomic mass is 16.1. The third-order valence-electron chi connectivity index (χ3n) is 5.27. The van der Waals surface area contributed by atoms with Crippen molar-refractivity contribution in [1.82, 2.24) is 0 Å². The molecule has 2 aromatic rings. The smallest absolute Gasteiger partial charge is 0.132 e. The van der Waals surface area contributed by atoms with Crippen LogP contribution in [0.3, 0.4) is 0 Å². The van der Waals surface area contributed by atoms with Crippen LogP contribution in [0.25, 0.3) is 0 Å². The average molecular weight is 306 g/mol. The van der Waals surface area contributed by atoms with E-state index in [9.17, 15) is 4.79 Å². The van der Waals surface area contributed by atoms with E-state index in [4.69, 9.17) is 0 Å². The molecule has 0 radical (unpaired) electrons. The molecule has 1 heteroatoms. The van der Waals surface area contributed by atoms with E-state index in [2.05, 4.69) is 60.7 Å². The molecule has 0 N–H and O–H groups in total. The van der Waals surface area contributed by atoms with Crippen molar-refractivity contribution in [3.05, 3.63) is 71.8 Å².